The molecule has 0 radical (unpaired) electrons. The predicted octanol–water partition coefficient (Wildman–Crippen LogP) is 1.79. The third-order valence-corrected chi connectivity index (χ3v) is 4.05. The van der Waals surface area contributed by atoms with E-state index in [9.17, 15) is 5.26 Å². The van der Waals surface area contributed by atoms with Crippen molar-refractivity contribution in [1.29, 1.82) is 5.26 Å². The number of benzene rings is 1. The van der Waals surface area contributed by atoms with Crippen LogP contribution in [0.15, 0.2) is 29.7 Å². The number of rotatable bonds is 5. The summed E-state index contributed by atoms with van der Waals surface area (Å²) in [7, 11) is 4.70. The maximum absolute atomic E-state index is 9.62. The molecule has 0 amide bonds. The largest absolute Gasteiger partial charge is 0.493 e. The number of nitrogens with one attached hydrogen (secondary N) is 1. The normalized spacial score (nSPS) is 16.0. The van der Waals surface area contributed by atoms with Gasteiger partial charge in [-0.3, -0.25) is 5.10 Å². The van der Waals surface area contributed by atoms with Crippen molar-refractivity contribution in [3.8, 4) is 23.4 Å². The zero-order chi connectivity index (χ0) is 18.0. The minimum atomic E-state index is -0.447. The van der Waals surface area contributed by atoms with Crippen LogP contribution in [0.4, 0.5) is 0 Å². The van der Waals surface area contributed by atoms with Crippen molar-refractivity contribution in [2.45, 2.75) is 12.5 Å². The second-order valence-corrected chi connectivity index (χ2v) is 5.39. The van der Waals surface area contributed by atoms with Crippen molar-refractivity contribution in [2.24, 2.45) is 5.73 Å². The Hall–Kier alpha value is -3.18. The van der Waals surface area contributed by atoms with E-state index in [-0.39, 0.29) is 5.88 Å². The Morgan fingerprint density at radius 2 is 2.04 bits per heavy atom. The molecule has 0 fully saturated rings. The van der Waals surface area contributed by atoms with Crippen molar-refractivity contribution in [1.82, 2.24) is 10.2 Å². The topological polar surface area (TPSA) is 115 Å². The highest BCUT2D eigenvalue weighted by Gasteiger charge is 2.35. The third-order valence-electron chi connectivity index (χ3n) is 4.05. The molecule has 1 aromatic carbocycles. The molecule has 8 nitrogen and oxygen atoms in total. The van der Waals surface area contributed by atoms with Gasteiger partial charge in [0.05, 0.1) is 38.0 Å². The van der Waals surface area contributed by atoms with Crippen LogP contribution in [-0.4, -0.2) is 31.5 Å². The van der Waals surface area contributed by atoms with E-state index in [0.717, 1.165) is 16.8 Å². The van der Waals surface area contributed by atoms with Gasteiger partial charge >= 0.3 is 0 Å². The second-order valence-electron chi connectivity index (χ2n) is 5.39. The molecule has 2 heterocycles. The first-order valence-corrected chi connectivity index (χ1v) is 7.50. The van der Waals surface area contributed by atoms with Crippen molar-refractivity contribution in [2.75, 3.05) is 21.3 Å². The summed E-state index contributed by atoms with van der Waals surface area (Å²) in [5.74, 6) is 1.07. The number of ether oxygens (including phenoxy) is 4. The minimum Gasteiger partial charge on any atom is -0.493 e. The van der Waals surface area contributed by atoms with Gasteiger partial charge in [-0.15, -0.1) is 5.10 Å². The Morgan fingerprint density at radius 3 is 2.68 bits per heavy atom. The monoisotopic (exact) mass is 342 g/mol. The first-order valence-electron chi connectivity index (χ1n) is 7.50. The third kappa shape index (κ3) is 2.75. The van der Waals surface area contributed by atoms with Crippen molar-refractivity contribution in [3.63, 3.8) is 0 Å². The number of hydrogen-bond donors (Lipinski definition) is 2. The Morgan fingerprint density at radius 1 is 1.28 bits per heavy atom. The van der Waals surface area contributed by atoms with Crippen LogP contribution in [-0.2, 0) is 11.3 Å². The number of aromatic amines is 1. The van der Waals surface area contributed by atoms with E-state index in [0.29, 0.717) is 29.6 Å². The van der Waals surface area contributed by atoms with Crippen LogP contribution in [0, 0.1) is 11.3 Å². The fourth-order valence-electron chi connectivity index (χ4n) is 2.93. The van der Waals surface area contributed by atoms with Gasteiger partial charge in [0, 0.05) is 7.11 Å². The van der Waals surface area contributed by atoms with E-state index in [1.807, 2.05) is 12.1 Å². The number of nitrogens with two attached hydrogens (primary N) is 1. The molecule has 0 unspecified atom stereocenters. The van der Waals surface area contributed by atoms with Gasteiger partial charge < -0.3 is 24.7 Å². The molecular weight excluding hydrogens is 324 g/mol. The van der Waals surface area contributed by atoms with E-state index in [2.05, 4.69) is 16.3 Å². The zero-order valence-corrected chi connectivity index (χ0v) is 14.1. The SMILES string of the molecule is COCc1[nH]nc2c1[C@@H](c1ccc(OC)c(OC)c1)C(C#N)=C(N)O2. The predicted molar refractivity (Wildman–Crippen MR) is 88.1 cm³/mol. The van der Waals surface area contributed by atoms with Crippen LogP contribution in [0.1, 0.15) is 22.7 Å². The van der Waals surface area contributed by atoms with E-state index in [4.69, 9.17) is 24.7 Å². The number of allylic oxidation sites excluding steroid dienone is 1. The highest BCUT2D eigenvalue weighted by atomic mass is 16.5. The summed E-state index contributed by atoms with van der Waals surface area (Å²) >= 11 is 0. The lowest BCUT2D eigenvalue weighted by molar-refractivity contribution is 0.180. The van der Waals surface area contributed by atoms with E-state index in [1.54, 1.807) is 27.4 Å². The second kappa shape index (κ2) is 6.75. The number of methoxy groups -OCH3 is 3. The average Bonchev–Trinajstić information content (AvgIpc) is 3.02. The smallest absolute Gasteiger partial charge is 0.244 e. The molecule has 1 aliphatic rings. The molecule has 0 aliphatic carbocycles. The Labute approximate surface area is 144 Å². The van der Waals surface area contributed by atoms with Crippen molar-refractivity contribution in [3.05, 3.63) is 46.5 Å². The number of nitrogens with zero attached hydrogens (tertiary/aromatic N) is 2. The summed E-state index contributed by atoms with van der Waals surface area (Å²) in [6.45, 7) is 0.300. The molecule has 8 heteroatoms. The number of H-pyrrole nitrogens is 1. The van der Waals surface area contributed by atoms with Gasteiger partial charge in [-0.1, -0.05) is 6.07 Å². The van der Waals surface area contributed by atoms with Gasteiger partial charge in [0.25, 0.3) is 0 Å². The first-order chi connectivity index (χ1) is 12.1. The van der Waals surface area contributed by atoms with Crippen molar-refractivity contribution >= 4 is 0 Å². The molecule has 1 aromatic heterocycles. The Kier molecular flexibility index (Phi) is 4.50. The van der Waals surface area contributed by atoms with Gasteiger partial charge in [0.2, 0.25) is 11.8 Å². The van der Waals surface area contributed by atoms with E-state index in [1.165, 1.54) is 0 Å². The molecule has 0 saturated carbocycles. The summed E-state index contributed by atoms with van der Waals surface area (Å²) in [5, 5.41) is 16.6. The number of fused-ring (bicyclic) bond motifs is 1. The van der Waals surface area contributed by atoms with Gasteiger partial charge in [0.15, 0.2) is 11.5 Å². The summed E-state index contributed by atoms with van der Waals surface area (Å²) in [6.07, 6.45) is 0. The summed E-state index contributed by atoms with van der Waals surface area (Å²) < 4.78 is 21.4. The van der Waals surface area contributed by atoms with E-state index >= 15 is 0 Å². The molecule has 0 bridgehead atoms. The van der Waals surface area contributed by atoms with Crippen LogP contribution in [0.5, 0.6) is 17.4 Å². The molecule has 3 rings (SSSR count). The highest BCUT2D eigenvalue weighted by molar-refractivity contribution is 5.57. The lowest BCUT2D eigenvalue weighted by Gasteiger charge is -2.24. The fourth-order valence-corrected chi connectivity index (χ4v) is 2.93. The van der Waals surface area contributed by atoms with Crippen LogP contribution in [0.25, 0.3) is 0 Å². The number of nitriles is 1. The summed E-state index contributed by atoms with van der Waals surface area (Å²) in [6, 6.07) is 7.59. The molecule has 0 saturated heterocycles. The molecule has 0 spiro atoms. The van der Waals surface area contributed by atoms with E-state index < -0.39 is 5.92 Å². The molecular formula is C17H18N4O4. The van der Waals surface area contributed by atoms with Gasteiger partial charge in [-0.25, -0.2) is 0 Å². The maximum atomic E-state index is 9.62. The quantitative estimate of drug-likeness (QED) is 0.851. The molecule has 130 valence electrons. The lowest BCUT2D eigenvalue weighted by Crippen LogP contribution is -2.21. The summed E-state index contributed by atoms with van der Waals surface area (Å²) in [5.41, 5.74) is 8.49. The molecule has 1 atom stereocenters. The maximum Gasteiger partial charge on any atom is 0.244 e. The van der Waals surface area contributed by atoms with Gasteiger partial charge in [-0.05, 0) is 17.7 Å². The summed E-state index contributed by atoms with van der Waals surface area (Å²) in [4.78, 5) is 0. The average molecular weight is 342 g/mol. The highest BCUT2D eigenvalue weighted by Crippen LogP contribution is 2.44. The molecule has 2 aromatic rings. The molecule has 1 aliphatic heterocycles. The zero-order valence-electron chi connectivity index (χ0n) is 14.1. The fraction of sp³-hybridized carbons (Fsp3) is 0.294. The van der Waals surface area contributed by atoms with Gasteiger partial charge in [0.1, 0.15) is 11.6 Å². The number of aromatic nitrogens is 2. The van der Waals surface area contributed by atoms with Crippen LogP contribution >= 0.6 is 0 Å². The Bertz CT molecular complexity index is 866. The van der Waals surface area contributed by atoms with Crippen LogP contribution < -0.4 is 19.9 Å². The van der Waals surface area contributed by atoms with Crippen molar-refractivity contribution < 1.29 is 18.9 Å². The molecule has 25 heavy (non-hydrogen) atoms. The Balaban J connectivity index is 2.19. The first kappa shape index (κ1) is 16.7. The standard InChI is InChI=1S/C17H18N4O4/c1-22-8-11-15-14(9-4-5-12(23-2)13(6-9)24-3)10(7-18)16(19)25-17(15)21-20-11/h4-6,14H,8,19H2,1-3H3,(H,20,21)/t14-/m0/s1. The lowest BCUT2D eigenvalue weighted by atomic mass is 9.84. The molecule has 3 N–H and O–H groups in total. The minimum absolute atomic E-state index is 0.0326. The number of hydrogen-bond acceptors (Lipinski definition) is 7. The van der Waals surface area contributed by atoms with Gasteiger partial charge in [-0.2, -0.15) is 5.26 Å². The van der Waals surface area contributed by atoms with Crippen LogP contribution in [0.3, 0.4) is 0 Å². The van der Waals surface area contributed by atoms with Crippen LogP contribution in [0.2, 0.25) is 0 Å².